The van der Waals surface area contributed by atoms with E-state index in [1.807, 2.05) is 0 Å². The summed E-state index contributed by atoms with van der Waals surface area (Å²) in [4.78, 5) is 0. The molecule has 0 bridgehead atoms. The standard InChI is InChI=1S/C49H90O2/c1-4-6-42-50-44-33-27-22-18-13-11-9-8-10-12-16-20-24-31-38-48-40-35-41-49(46-48)39-32-25-21-17-14-15-19-23-29-36-47(3)37-30-26-28-34-45-51-43-7-5-2/h29,35-36,40-41,46-47H,4-28,30-34,37-39,42-45H2,1-3H3/b36-29+. The summed E-state index contributed by atoms with van der Waals surface area (Å²) in [5.41, 5.74) is 3.13. The number of ether oxygens (including phenoxy) is 2. The molecule has 0 aliphatic rings. The molecule has 1 aromatic rings. The van der Waals surface area contributed by atoms with Crippen LogP contribution < -0.4 is 0 Å². The van der Waals surface area contributed by atoms with Gasteiger partial charge < -0.3 is 9.47 Å². The largest absolute Gasteiger partial charge is 0.381 e. The smallest absolute Gasteiger partial charge is 0.0466 e. The van der Waals surface area contributed by atoms with Gasteiger partial charge in [0.15, 0.2) is 0 Å². The fourth-order valence-electron chi connectivity index (χ4n) is 7.22. The van der Waals surface area contributed by atoms with E-state index in [1.54, 1.807) is 11.1 Å². The Kier molecular flexibility index (Phi) is 37.6. The van der Waals surface area contributed by atoms with E-state index < -0.39 is 0 Å². The number of allylic oxidation sites excluding steroid dienone is 2. The van der Waals surface area contributed by atoms with E-state index in [2.05, 4.69) is 57.2 Å². The molecule has 0 aromatic heterocycles. The zero-order chi connectivity index (χ0) is 36.6. The van der Waals surface area contributed by atoms with Crippen molar-refractivity contribution in [2.45, 2.75) is 233 Å². The molecule has 0 saturated heterocycles. The van der Waals surface area contributed by atoms with Crippen LogP contribution in [0.3, 0.4) is 0 Å². The summed E-state index contributed by atoms with van der Waals surface area (Å²) in [6.07, 6.45) is 49.8. The highest BCUT2D eigenvalue weighted by Gasteiger charge is 2.01. The summed E-state index contributed by atoms with van der Waals surface area (Å²) < 4.78 is 11.3. The quantitative estimate of drug-likeness (QED) is 0.0497. The monoisotopic (exact) mass is 711 g/mol. The number of aryl methyl sites for hydroxylation is 2. The first kappa shape index (κ1) is 47.9. The Morgan fingerprint density at radius 3 is 1.27 bits per heavy atom. The van der Waals surface area contributed by atoms with Gasteiger partial charge in [0.25, 0.3) is 0 Å². The van der Waals surface area contributed by atoms with Crippen LogP contribution in [-0.2, 0) is 22.3 Å². The van der Waals surface area contributed by atoms with Gasteiger partial charge in [-0.05, 0) is 87.7 Å². The minimum atomic E-state index is 0.739. The van der Waals surface area contributed by atoms with Crippen LogP contribution in [0, 0.1) is 5.92 Å². The Balaban J connectivity index is 1.85. The fraction of sp³-hybridized carbons (Fsp3) is 0.837. The first-order valence-electron chi connectivity index (χ1n) is 23.2. The third-order valence-corrected chi connectivity index (χ3v) is 10.8. The Bertz CT molecular complexity index is 831. The van der Waals surface area contributed by atoms with Gasteiger partial charge in [-0.1, -0.05) is 198 Å². The topological polar surface area (TPSA) is 18.5 Å². The Labute approximate surface area is 321 Å². The zero-order valence-electron chi connectivity index (χ0n) is 35.0. The molecule has 0 aliphatic heterocycles. The fourth-order valence-corrected chi connectivity index (χ4v) is 7.22. The van der Waals surface area contributed by atoms with Crippen LogP contribution in [0.5, 0.6) is 0 Å². The van der Waals surface area contributed by atoms with Crippen molar-refractivity contribution < 1.29 is 9.47 Å². The molecule has 0 fully saturated rings. The van der Waals surface area contributed by atoms with Crippen molar-refractivity contribution >= 4 is 0 Å². The third-order valence-electron chi connectivity index (χ3n) is 10.8. The summed E-state index contributed by atoms with van der Waals surface area (Å²) in [5, 5.41) is 0. The average Bonchev–Trinajstić information content (AvgIpc) is 3.14. The van der Waals surface area contributed by atoms with Crippen LogP contribution >= 0.6 is 0 Å². The van der Waals surface area contributed by atoms with Gasteiger partial charge in [0.2, 0.25) is 0 Å². The van der Waals surface area contributed by atoms with Crippen molar-refractivity contribution in [1.29, 1.82) is 0 Å². The minimum Gasteiger partial charge on any atom is -0.381 e. The molecule has 1 unspecified atom stereocenters. The first-order valence-corrected chi connectivity index (χ1v) is 23.2. The van der Waals surface area contributed by atoms with Gasteiger partial charge >= 0.3 is 0 Å². The van der Waals surface area contributed by atoms with Gasteiger partial charge in [-0.3, -0.25) is 0 Å². The predicted octanol–water partition coefficient (Wildman–Crippen LogP) is 16.1. The van der Waals surface area contributed by atoms with Crippen molar-refractivity contribution in [3.8, 4) is 0 Å². The number of hydrogen-bond acceptors (Lipinski definition) is 2. The van der Waals surface area contributed by atoms with Gasteiger partial charge in [-0.2, -0.15) is 0 Å². The van der Waals surface area contributed by atoms with E-state index in [-0.39, 0.29) is 0 Å². The molecule has 2 nitrogen and oxygen atoms in total. The Hall–Kier alpha value is -1.12. The highest BCUT2D eigenvalue weighted by molar-refractivity contribution is 5.23. The van der Waals surface area contributed by atoms with Gasteiger partial charge in [-0.25, -0.2) is 0 Å². The molecule has 0 spiro atoms. The van der Waals surface area contributed by atoms with E-state index in [9.17, 15) is 0 Å². The SMILES string of the molecule is CCCCOCCCCCCCCCCCCCCCCc1cccc(CCCCCCCCC/C=C/C(C)CCCCCCOCCCC)c1. The summed E-state index contributed by atoms with van der Waals surface area (Å²) >= 11 is 0. The van der Waals surface area contributed by atoms with Crippen molar-refractivity contribution in [2.75, 3.05) is 26.4 Å². The highest BCUT2D eigenvalue weighted by Crippen LogP contribution is 2.17. The Morgan fingerprint density at radius 1 is 0.451 bits per heavy atom. The molecular formula is C49H90O2. The van der Waals surface area contributed by atoms with E-state index in [1.165, 1.54) is 212 Å². The third kappa shape index (κ3) is 35.7. The second-order valence-corrected chi connectivity index (χ2v) is 16.1. The summed E-state index contributed by atoms with van der Waals surface area (Å²) in [6.45, 7) is 10.7. The van der Waals surface area contributed by atoms with Crippen LogP contribution in [-0.4, -0.2) is 26.4 Å². The normalized spacial score (nSPS) is 12.4. The van der Waals surface area contributed by atoms with Crippen LogP contribution in [0.1, 0.15) is 231 Å². The number of benzene rings is 1. The molecule has 1 atom stereocenters. The zero-order valence-corrected chi connectivity index (χ0v) is 35.0. The minimum absolute atomic E-state index is 0.739. The van der Waals surface area contributed by atoms with Crippen molar-refractivity contribution in [1.82, 2.24) is 0 Å². The van der Waals surface area contributed by atoms with Crippen molar-refractivity contribution in [3.63, 3.8) is 0 Å². The van der Waals surface area contributed by atoms with Crippen LogP contribution in [0.15, 0.2) is 36.4 Å². The lowest BCUT2D eigenvalue weighted by atomic mass is 9.99. The van der Waals surface area contributed by atoms with Crippen LogP contribution in [0.25, 0.3) is 0 Å². The maximum Gasteiger partial charge on any atom is 0.0466 e. The van der Waals surface area contributed by atoms with Gasteiger partial charge in [0.05, 0.1) is 0 Å². The van der Waals surface area contributed by atoms with E-state index in [4.69, 9.17) is 9.47 Å². The highest BCUT2D eigenvalue weighted by atomic mass is 16.5. The molecule has 0 N–H and O–H groups in total. The van der Waals surface area contributed by atoms with Gasteiger partial charge in [0.1, 0.15) is 0 Å². The van der Waals surface area contributed by atoms with Crippen molar-refractivity contribution in [2.24, 2.45) is 5.92 Å². The average molecular weight is 711 g/mol. The molecule has 0 amide bonds. The molecule has 51 heavy (non-hydrogen) atoms. The molecule has 0 radical (unpaired) electrons. The molecule has 2 heteroatoms. The molecule has 298 valence electrons. The number of rotatable bonds is 41. The van der Waals surface area contributed by atoms with E-state index >= 15 is 0 Å². The molecule has 1 rings (SSSR count). The lowest BCUT2D eigenvalue weighted by Gasteiger charge is -2.07. The van der Waals surface area contributed by atoms with Gasteiger partial charge in [0, 0.05) is 26.4 Å². The first-order chi connectivity index (χ1) is 25.3. The van der Waals surface area contributed by atoms with E-state index in [0.29, 0.717) is 0 Å². The lowest BCUT2D eigenvalue weighted by molar-refractivity contribution is 0.127. The Morgan fingerprint density at radius 2 is 0.824 bits per heavy atom. The molecule has 0 saturated carbocycles. The molecule has 0 aliphatic carbocycles. The maximum atomic E-state index is 5.67. The van der Waals surface area contributed by atoms with Gasteiger partial charge in [-0.15, -0.1) is 0 Å². The van der Waals surface area contributed by atoms with Crippen LogP contribution in [0.2, 0.25) is 0 Å². The van der Waals surface area contributed by atoms with Crippen LogP contribution in [0.4, 0.5) is 0 Å². The second kappa shape index (κ2) is 40.1. The second-order valence-electron chi connectivity index (χ2n) is 16.1. The molecule has 1 aromatic carbocycles. The van der Waals surface area contributed by atoms with E-state index in [0.717, 1.165) is 32.3 Å². The maximum absolute atomic E-state index is 5.67. The number of hydrogen-bond donors (Lipinski definition) is 0. The molecule has 0 heterocycles. The summed E-state index contributed by atoms with van der Waals surface area (Å²) in [5.74, 6) is 0.739. The lowest BCUT2D eigenvalue weighted by Crippen LogP contribution is -1.96. The molecular weight excluding hydrogens is 621 g/mol. The summed E-state index contributed by atoms with van der Waals surface area (Å²) in [6, 6.07) is 9.52. The van der Waals surface area contributed by atoms with Crippen molar-refractivity contribution in [3.05, 3.63) is 47.5 Å². The predicted molar refractivity (Wildman–Crippen MR) is 228 cm³/mol. The summed E-state index contributed by atoms with van der Waals surface area (Å²) in [7, 11) is 0. The number of unbranched alkanes of at least 4 members (excludes halogenated alkanes) is 25.